The molecule has 1 amide bonds. The average molecular weight is 263 g/mol. The van der Waals surface area contributed by atoms with E-state index in [1.807, 2.05) is 26.1 Å². The number of aromatic nitrogens is 2. The monoisotopic (exact) mass is 263 g/mol. The van der Waals surface area contributed by atoms with Gasteiger partial charge in [0.2, 0.25) is 5.91 Å². The molecule has 2 rings (SSSR count). The zero-order chi connectivity index (χ0) is 13.0. The van der Waals surface area contributed by atoms with E-state index in [-0.39, 0.29) is 5.91 Å². The first-order chi connectivity index (χ1) is 8.65. The number of carbonyl (C=O) groups excluding carboxylic acids is 1. The van der Waals surface area contributed by atoms with Gasteiger partial charge in [0.25, 0.3) is 0 Å². The second kappa shape index (κ2) is 5.82. The Labute approximate surface area is 111 Å². The van der Waals surface area contributed by atoms with E-state index >= 15 is 0 Å². The summed E-state index contributed by atoms with van der Waals surface area (Å²) in [6, 6.07) is 6.02. The van der Waals surface area contributed by atoms with Crippen LogP contribution in [0, 0.1) is 6.92 Å². The van der Waals surface area contributed by atoms with Gasteiger partial charge in [-0.3, -0.25) is 9.48 Å². The van der Waals surface area contributed by atoms with Gasteiger partial charge in [-0.1, -0.05) is 6.07 Å². The topological polar surface area (TPSA) is 46.9 Å². The van der Waals surface area contributed by atoms with Crippen LogP contribution in [0.25, 0.3) is 0 Å². The molecule has 96 valence electrons. The van der Waals surface area contributed by atoms with Crippen molar-refractivity contribution in [3.8, 4) is 0 Å². The fraction of sp³-hybridized carbons (Fsp3) is 0.385. The Bertz CT molecular complexity index is 516. The third-order valence-corrected chi connectivity index (χ3v) is 3.61. The molecule has 0 aliphatic rings. The highest BCUT2D eigenvalue weighted by Gasteiger charge is 2.07. The number of hydrogen-bond donors (Lipinski definition) is 1. The molecule has 0 saturated heterocycles. The van der Waals surface area contributed by atoms with Crippen LogP contribution in [-0.2, 0) is 18.3 Å². The molecule has 4 nitrogen and oxygen atoms in total. The van der Waals surface area contributed by atoms with E-state index in [1.165, 1.54) is 4.88 Å². The molecule has 2 aromatic rings. The lowest BCUT2D eigenvalue weighted by molar-refractivity contribution is -0.116. The number of carbonyl (C=O) groups is 1. The summed E-state index contributed by atoms with van der Waals surface area (Å²) < 4.78 is 1.69. The van der Waals surface area contributed by atoms with Crippen molar-refractivity contribution in [3.05, 3.63) is 34.2 Å². The minimum atomic E-state index is 0.0505. The van der Waals surface area contributed by atoms with E-state index in [0.717, 1.165) is 24.4 Å². The molecular formula is C13H17N3OS. The first-order valence-corrected chi connectivity index (χ1v) is 6.86. The molecule has 0 unspecified atom stereocenters. The van der Waals surface area contributed by atoms with E-state index in [2.05, 4.69) is 21.9 Å². The van der Waals surface area contributed by atoms with Crippen molar-refractivity contribution >= 4 is 23.1 Å². The number of amides is 1. The number of rotatable bonds is 5. The van der Waals surface area contributed by atoms with E-state index < -0.39 is 0 Å². The highest BCUT2D eigenvalue weighted by Crippen LogP contribution is 2.13. The predicted molar refractivity (Wildman–Crippen MR) is 73.8 cm³/mol. The Kier molecular flexibility index (Phi) is 4.15. The minimum absolute atomic E-state index is 0.0505. The van der Waals surface area contributed by atoms with E-state index in [9.17, 15) is 4.79 Å². The van der Waals surface area contributed by atoms with Crippen molar-refractivity contribution in [2.75, 3.05) is 5.32 Å². The summed E-state index contributed by atoms with van der Waals surface area (Å²) in [4.78, 5) is 13.1. The van der Waals surface area contributed by atoms with Crippen LogP contribution in [0.2, 0.25) is 0 Å². The van der Waals surface area contributed by atoms with Crippen LogP contribution in [-0.4, -0.2) is 15.7 Å². The van der Waals surface area contributed by atoms with Crippen LogP contribution in [0.1, 0.15) is 23.4 Å². The molecule has 0 spiro atoms. The molecular weight excluding hydrogens is 246 g/mol. The first kappa shape index (κ1) is 12.8. The molecule has 0 bridgehead atoms. The van der Waals surface area contributed by atoms with Gasteiger partial charge >= 0.3 is 0 Å². The first-order valence-electron chi connectivity index (χ1n) is 5.98. The molecule has 0 fully saturated rings. The molecule has 0 aliphatic heterocycles. The van der Waals surface area contributed by atoms with Crippen molar-refractivity contribution in [2.45, 2.75) is 26.2 Å². The van der Waals surface area contributed by atoms with Gasteiger partial charge in [-0.05, 0) is 31.2 Å². The summed E-state index contributed by atoms with van der Waals surface area (Å²) >= 11 is 1.74. The van der Waals surface area contributed by atoms with Crippen LogP contribution in [0.15, 0.2) is 23.6 Å². The number of thiophene rings is 1. The zero-order valence-electron chi connectivity index (χ0n) is 10.6. The quantitative estimate of drug-likeness (QED) is 0.901. The molecule has 0 atom stereocenters. The van der Waals surface area contributed by atoms with Gasteiger partial charge in [-0.2, -0.15) is 5.10 Å². The van der Waals surface area contributed by atoms with Crippen LogP contribution in [0.4, 0.5) is 5.82 Å². The molecule has 2 heterocycles. The summed E-state index contributed by atoms with van der Waals surface area (Å²) in [6.07, 6.45) is 2.39. The number of aryl methyl sites for hydroxylation is 3. The lowest BCUT2D eigenvalue weighted by atomic mass is 10.2. The van der Waals surface area contributed by atoms with Crippen molar-refractivity contribution in [1.29, 1.82) is 0 Å². The standard InChI is InChI=1S/C13H17N3OS/c1-10-9-12(16(2)15-10)14-13(17)7-3-5-11-6-4-8-18-11/h4,6,8-9H,3,5,7H2,1-2H3,(H,14,17). The Morgan fingerprint density at radius 3 is 3.00 bits per heavy atom. The van der Waals surface area contributed by atoms with Crippen molar-refractivity contribution in [3.63, 3.8) is 0 Å². The Morgan fingerprint density at radius 2 is 2.39 bits per heavy atom. The predicted octanol–water partition coefficient (Wildman–Crippen LogP) is 2.75. The average Bonchev–Trinajstić information content (AvgIpc) is 2.90. The molecule has 5 heteroatoms. The summed E-state index contributed by atoms with van der Waals surface area (Å²) in [7, 11) is 1.83. The minimum Gasteiger partial charge on any atom is -0.311 e. The highest BCUT2D eigenvalue weighted by atomic mass is 32.1. The smallest absolute Gasteiger partial charge is 0.225 e. The number of anilines is 1. The Hall–Kier alpha value is -1.62. The lowest BCUT2D eigenvalue weighted by Crippen LogP contribution is -2.14. The summed E-state index contributed by atoms with van der Waals surface area (Å²) in [5.74, 6) is 0.808. The van der Waals surface area contributed by atoms with Crippen LogP contribution >= 0.6 is 11.3 Å². The highest BCUT2D eigenvalue weighted by molar-refractivity contribution is 7.09. The van der Waals surface area contributed by atoms with Crippen molar-refractivity contribution in [2.24, 2.45) is 7.05 Å². The SMILES string of the molecule is Cc1cc(NC(=O)CCCc2cccs2)n(C)n1. The van der Waals surface area contributed by atoms with Crippen molar-refractivity contribution in [1.82, 2.24) is 9.78 Å². The largest absolute Gasteiger partial charge is 0.311 e. The molecule has 0 radical (unpaired) electrons. The summed E-state index contributed by atoms with van der Waals surface area (Å²) in [5, 5.41) is 9.13. The second-order valence-electron chi connectivity index (χ2n) is 4.28. The Morgan fingerprint density at radius 1 is 1.56 bits per heavy atom. The molecule has 1 N–H and O–H groups in total. The van der Waals surface area contributed by atoms with Gasteiger partial charge in [0.1, 0.15) is 5.82 Å². The zero-order valence-corrected chi connectivity index (χ0v) is 11.5. The van der Waals surface area contributed by atoms with E-state index in [0.29, 0.717) is 6.42 Å². The number of hydrogen-bond acceptors (Lipinski definition) is 3. The molecule has 0 aromatic carbocycles. The molecule has 2 aromatic heterocycles. The van der Waals surface area contributed by atoms with Gasteiger partial charge in [-0.25, -0.2) is 0 Å². The maximum Gasteiger partial charge on any atom is 0.225 e. The Balaban J connectivity index is 1.77. The number of nitrogens with zero attached hydrogens (tertiary/aromatic N) is 2. The van der Waals surface area contributed by atoms with Gasteiger partial charge in [0.05, 0.1) is 5.69 Å². The van der Waals surface area contributed by atoms with Crippen LogP contribution < -0.4 is 5.32 Å². The normalized spacial score (nSPS) is 10.6. The fourth-order valence-corrected chi connectivity index (χ4v) is 2.56. The lowest BCUT2D eigenvalue weighted by Gasteiger charge is -2.04. The van der Waals surface area contributed by atoms with Gasteiger partial charge in [-0.15, -0.1) is 11.3 Å². The number of nitrogens with one attached hydrogen (secondary N) is 1. The van der Waals surface area contributed by atoms with Gasteiger partial charge in [0.15, 0.2) is 0 Å². The summed E-state index contributed by atoms with van der Waals surface area (Å²) in [5.41, 5.74) is 0.909. The van der Waals surface area contributed by atoms with E-state index in [4.69, 9.17) is 0 Å². The fourth-order valence-electron chi connectivity index (χ4n) is 1.81. The molecule has 0 saturated carbocycles. The van der Waals surface area contributed by atoms with Crippen molar-refractivity contribution < 1.29 is 4.79 Å². The molecule has 0 aliphatic carbocycles. The van der Waals surface area contributed by atoms with Gasteiger partial charge < -0.3 is 5.32 Å². The molecule has 18 heavy (non-hydrogen) atoms. The van der Waals surface area contributed by atoms with Crippen LogP contribution in [0.5, 0.6) is 0 Å². The third kappa shape index (κ3) is 3.43. The van der Waals surface area contributed by atoms with Gasteiger partial charge in [0, 0.05) is 24.4 Å². The van der Waals surface area contributed by atoms with Crippen LogP contribution in [0.3, 0.4) is 0 Å². The maximum atomic E-state index is 11.8. The maximum absolute atomic E-state index is 11.8. The second-order valence-corrected chi connectivity index (χ2v) is 5.31. The third-order valence-electron chi connectivity index (χ3n) is 2.68. The summed E-state index contributed by atoms with van der Waals surface area (Å²) in [6.45, 7) is 1.91. The van der Waals surface area contributed by atoms with E-state index in [1.54, 1.807) is 16.0 Å².